The molecule has 0 spiro atoms. The normalized spacial score (nSPS) is 13.2. The monoisotopic (exact) mass is 310 g/mol. The average Bonchev–Trinajstić information content (AvgIpc) is 3.01. The Morgan fingerprint density at radius 1 is 1.27 bits per heavy atom. The molecule has 5 heteroatoms. The van der Waals surface area contributed by atoms with Crippen molar-refractivity contribution in [1.29, 1.82) is 0 Å². The zero-order chi connectivity index (χ0) is 15.3. The summed E-state index contributed by atoms with van der Waals surface area (Å²) >= 11 is 4.63. The number of benzene rings is 1. The van der Waals surface area contributed by atoms with Crippen LogP contribution in [0.2, 0.25) is 0 Å². The SMILES string of the molecule is Cc1cccc(-n2c3c(c(=O)c4cccnc42)CCO3)c1S. The summed E-state index contributed by atoms with van der Waals surface area (Å²) in [6.45, 7) is 2.53. The zero-order valence-electron chi connectivity index (χ0n) is 12.0. The third-order valence-electron chi connectivity index (χ3n) is 4.03. The van der Waals surface area contributed by atoms with Crippen molar-refractivity contribution in [1.82, 2.24) is 9.55 Å². The molecule has 3 heterocycles. The fourth-order valence-corrected chi connectivity index (χ4v) is 3.16. The van der Waals surface area contributed by atoms with Crippen LogP contribution in [0.3, 0.4) is 0 Å². The number of hydrogen-bond donors (Lipinski definition) is 1. The average molecular weight is 310 g/mol. The summed E-state index contributed by atoms with van der Waals surface area (Å²) in [7, 11) is 0. The van der Waals surface area contributed by atoms with Crippen molar-refractivity contribution < 1.29 is 4.74 Å². The molecule has 0 aliphatic carbocycles. The Labute approximate surface area is 132 Å². The lowest BCUT2D eigenvalue weighted by Gasteiger charge is -2.17. The third-order valence-corrected chi connectivity index (χ3v) is 4.61. The van der Waals surface area contributed by atoms with Gasteiger partial charge < -0.3 is 4.74 Å². The van der Waals surface area contributed by atoms with E-state index in [0.29, 0.717) is 29.9 Å². The second-order valence-corrected chi connectivity index (χ2v) is 5.81. The minimum Gasteiger partial charge on any atom is -0.478 e. The number of aromatic nitrogens is 2. The van der Waals surface area contributed by atoms with E-state index in [4.69, 9.17) is 4.74 Å². The maximum Gasteiger partial charge on any atom is 0.207 e. The molecule has 0 bridgehead atoms. The molecule has 4 nitrogen and oxygen atoms in total. The maximum absolute atomic E-state index is 12.6. The fraction of sp³-hybridized carbons (Fsp3) is 0.176. The highest BCUT2D eigenvalue weighted by Gasteiger charge is 2.25. The summed E-state index contributed by atoms with van der Waals surface area (Å²) in [6.07, 6.45) is 2.32. The molecule has 22 heavy (non-hydrogen) atoms. The second-order valence-electron chi connectivity index (χ2n) is 5.36. The largest absolute Gasteiger partial charge is 0.478 e. The number of aryl methyl sites for hydroxylation is 1. The van der Waals surface area contributed by atoms with E-state index < -0.39 is 0 Å². The van der Waals surface area contributed by atoms with E-state index in [1.54, 1.807) is 12.3 Å². The van der Waals surface area contributed by atoms with Crippen molar-refractivity contribution in [2.75, 3.05) is 6.61 Å². The predicted octanol–water partition coefficient (Wildman–Crippen LogP) is 2.92. The first kappa shape index (κ1) is 13.4. The highest BCUT2D eigenvalue weighted by molar-refractivity contribution is 7.80. The molecular weight excluding hydrogens is 296 g/mol. The molecule has 0 amide bonds. The number of nitrogens with zero attached hydrogens (tertiary/aromatic N) is 2. The van der Waals surface area contributed by atoms with Crippen LogP contribution in [0.15, 0.2) is 46.2 Å². The molecule has 0 unspecified atom stereocenters. The number of ether oxygens (including phenoxy) is 1. The van der Waals surface area contributed by atoms with Gasteiger partial charge in [-0.1, -0.05) is 12.1 Å². The third kappa shape index (κ3) is 1.78. The van der Waals surface area contributed by atoms with Gasteiger partial charge in [0.2, 0.25) is 5.88 Å². The van der Waals surface area contributed by atoms with Crippen LogP contribution < -0.4 is 10.2 Å². The number of fused-ring (bicyclic) bond motifs is 2. The number of rotatable bonds is 1. The first-order valence-electron chi connectivity index (χ1n) is 7.13. The first-order valence-corrected chi connectivity index (χ1v) is 7.57. The summed E-state index contributed by atoms with van der Waals surface area (Å²) in [5.41, 5.74) is 3.28. The Morgan fingerprint density at radius 2 is 2.14 bits per heavy atom. The van der Waals surface area contributed by atoms with Crippen molar-refractivity contribution in [3.8, 4) is 11.6 Å². The summed E-state index contributed by atoms with van der Waals surface area (Å²) in [6, 6.07) is 9.54. The van der Waals surface area contributed by atoms with E-state index in [9.17, 15) is 4.79 Å². The van der Waals surface area contributed by atoms with E-state index in [2.05, 4.69) is 17.6 Å². The molecule has 0 radical (unpaired) electrons. The molecule has 1 aromatic carbocycles. The molecule has 0 fully saturated rings. The highest BCUT2D eigenvalue weighted by Crippen LogP contribution is 2.33. The van der Waals surface area contributed by atoms with Gasteiger partial charge in [0, 0.05) is 17.5 Å². The molecule has 3 aromatic rings. The van der Waals surface area contributed by atoms with E-state index in [0.717, 1.165) is 21.7 Å². The zero-order valence-corrected chi connectivity index (χ0v) is 12.9. The molecule has 1 aliphatic rings. The molecule has 2 aromatic heterocycles. The van der Waals surface area contributed by atoms with Gasteiger partial charge >= 0.3 is 0 Å². The van der Waals surface area contributed by atoms with Crippen LogP contribution >= 0.6 is 12.6 Å². The second kappa shape index (κ2) is 4.88. The van der Waals surface area contributed by atoms with Crippen LogP contribution in [-0.2, 0) is 6.42 Å². The Balaban J connectivity index is 2.21. The van der Waals surface area contributed by atoms with Crippen molar-refractivity contribution in [3.63, 3.8) is 0 Å². The van der Waals surface area contributed by atoms with E-state index in [1.165, 1.54) is 0 Å². The number of thiol groups is 1. The molecule has 1 aliphatic heterocycles. The Bertz CT molecular complexity index is 963. The van der Waals surface area contributed by atoms with Crippen molar-refractivity contribution in [2.45, 2.75) is 18.2 Å². The highest BCUT2D eigenvalue weighted by atomic mass is 32.1. The van der Waals surface area contributed by atoms with E-state index in [1.807, 2.05) is 35.8 Å². The Hall–Kier alpha value is -2.27. The van der Waals surface area contributed by atoms with Gasteiger partial charge in [-0.2, -0.15) is 0 Å². The van der Waals surface area contributed by atoms with Crippen LogP contribution in [0.5, 0.6) is 5.88 Å². The smallest absolute Gasteiger partial charge is 0.207 e. The number of hydrogen-bond acceptors (Lipinski definition) is 4. The lowest BCUT2D eigenvalue weighted by Crippen LogP contribution is -2.14. The molecule has 0 saturated heterocycles. The predicted molar refractivity (Wildman–Crippen MR) is 88.5 cm³/mol. The number of pyridine rings is 2. The first-order chi connectivity index (χ1) is 10.7. The quantitative estimate of drug-likeness (QED) is 0.703. The van der Waals surface area contributed by atoms with Gasteiger partial charge in [-0.05, 0) is 30.7 Å². The van der Waals surface area contributed by atoms with Gasteiger partial charge in [0.05, 0.1) is 23.2 Å². The Morgan fingerprint density at radius 3 is 3.00 bits per heavy atom. The van der Waals surface area contributed by atoms with Gasteiger partial charge in [-0.25, -0.2) is 4.98 Å². The topological polar surface area (TPSA) is 44.1 Å². The lowest BCUT2D eigenvalue weighted by molar-refractivity contribution is 0.338. The van der Waals surface area contributed by atoms with Gasteiger partial charge in [0.15, 0.2) is 11.1 Å². The van der Waals surface area contributed by atoms with Crippen molar-refractivity contribution >= 4 is 23.7 Å². The molecule has 110 valence electrons. The standard InChI is InChI=1S/C17H14N2O2S/c1-10-4-2-6-13(15(10)22)19-16-11(5-3-8-18-16)14(20)12-7-9-21-17(12)19/h2-6,8,22H,7,9H2,1H3. The minimum absolute atomic E-state index is 0.0141. The minimum atomic E-state index is 0.0141. The van der Waals surface area contributed by atoms with Crippen LogP contribution in [0.4, 0.5) is 0 Å². The molecule has 4 rings (SSSR count). The van der Waals surface area contributed by atoms with E-state index >= 15 is 0 Å². The van der Waals surface area contributed by atoms with Crippen molar-refractivity contribution in [3.05, 3.63) is 57.9 Å². The summed E-state index contributed by atoms with van der Waals surface area (Å²) in [4.78, 5) is 17.9. The Kier molecular flexibility index (Phi) is 2.97. The van der Waals surface area contributed by atoms with Crippen LogP contribution in [-0.4, -0.2) is 16.2 Å². The molecule has 0 atom stereocenters. The van der Waals surface area contributed by atoms with Gasteiger partial charge in [-0.3, -0.25) is 9.36 Å². The summed E-state index contributed by atoms with van der Waals surface area (Å²) in [5.74, 6) is 0.595. The van der Waals surface area contributed by atoms with Crippen LogP contribution in [0.1, 0.15) is 11.1 Å². The van der Waals surface area contributed by atoms with Gasteiger partial charge in [0.1, 0.15) is 0 Å². The van der Waals surface area contributed by atoms with Crippen LogP contribution in [0, 0.1) is 6.92 Å². The maximum atomic E-state index is 12.6. The fourth-order valence-electron chi connectivity index (χ4n) is 2.91. The summed E-state index contributed by atoms with van der Waals surface area (Å²) in [5, 5.41) is 0.612. The molecule has 0 N–H and O–H groups in total. The lowest BCUT2D eigenvalue weighted by atomic mass is 10.1. The van der Waals surface area contributed by atoms with Gasteiger partial charge in [0.25, 0.3) is 0 Å². The molecular formula is C17H14N2O2S. The van der Waals surface area contributed by atoms with Crippen molar-refractivity contribution in [2.24, 2.45) is 0 Å². The van der Waals surface area contributed by atoms with E-state index in [-0.39, 0.29) is 5.43 Å². The molecule has 0 saturated carbocycles. The van der Waals surface area contributed by atoms with Gasteiger partial charge in [-0.15, -0.1) is 12.6 Å². The summed E-state index contributed by atoms with van der Waals surface area (Å²) < 4.78 is 7.67. The van der Waals surface area contributed by atoms with Crippen LogP contribution in [0.25, 0.3) is 16.7 Å².